The Kier molecular flexibility index (Phi) is 7.59. The summed E-state index contributed by atoms with van der Waals surface area (Å²) in [5.41, 5.74) is 1.05. The highest BCUT2D eigenvalue weighted by Crippen LogP contribution is 2.10. The smallest absolute Gasteiger partial charge is 0.0900 e. The number of hydrogen-bond donors (Lipinski definition) is 2. The highest BCUT2D eigenvalue weighted by Gasteiger charge is 2.18. The van der Waals surface area contributed by atoms with Gasteiger partial charge < -0.3 is 14.9 Å². The lowest BCUT2D eigenvalue weighted by Gasteiger charge is -2.35. The van der Waals surface area contributed by atoms with Gasteiger partial charge in [0.05, 0.1) is 25.9 Å². The van der Waals surface area contributed by atoms with Crippen molar-refractivity contribution in [3.63, 3.8) is 0 Å². The van der Waals surface area contributed by atoms with Gasteiger partial charge in [-0.3, -0.25) is 9.80 Å². The minimum Gasteiger partial charge on any atom is -0.395 e. The first-order valence-electron chi connectivity index (χ1n) is 7.73. The maximum Gasteiger partial charge on any atom is 0.0900 e. The molecule has 2 rings (SSSR count). The zero-order chi connectivity index (χ0) is 15.8. The average molecular weight is 329 g/mol. The highest BCUT2D eigenvalue weighted by molar-refractivity contribution is 6.30. The average Bonchev–Trinajstić information content (AvgIpc) is 2.51. The van der Waals surface area contributed by atoms with E-state index in [0.717, 1.165) is 38.3 Å². The molecule has 0 amide bonds. The molecule has 2 N–H and O–H groups in total. The molecule has 1 aromatic rings. The molecule has 0 aromatic heterocycles. The fourth-order valence-corrected chi connectivity index (χ4v) is 2.71. The fraction of sp³-hybridized carbons (Fsp3) is 0.625. The quantitative estimate of drug-likeness (QED) is 0.740. The van der Waals surface area contributed by atoms with E-state index in [1.807, 2.05) is 24.3 Å². The van der Waals surface area contributed by atoms with Crippen molar-refractivity contribution in [1.82, 2.24) is 9.80 Å². The summed E-state index contributed by atoms with van der Waals surface area (Å²) in [7, 11) is 0. The first-order valence-corrected chi connectivity index (χ1v) is 8.11. The number of β-amino-alcohol motifs (C(OH)–C–C–N with tert-alkyl or cyclic N) is 2. The van der Waals surface area contributed by atoms with Gasteiger partial charge in [-0.15, -0.1) is 0 Å². The number of rotatable bonds is 8. The fourth-order valence-electron chi connectivity index (χ4n) is 2.58. The van der Waals surface area contributed by atoms with Crippen LogP contribution in [0.3, 0.4) is 0 Å². The van der Waals surface area contributed by atoms with Gasteiger partial charge in [0.2, 0.25) is 0 Å². The number of nitrogens with zero attached hydrogens (tertiary/aromatic N) is 2. The minimum atomic E-state index is -0.475. The molecule has 5 nitrogen and oxygen atoms in total. The van der Waals surface area contributed by atoms with Crippen molar-refractivity contribution in [1.29, 1.82) is 0 Å². The molecule has 1 aliphatic heterocycles. The predicted octanol–water partition coefficient (Wildman–Crippen LogP) is 0.827. The first kappa shape index (κ1) is 17.7. The molecule has 1 heterocycles. The summed E-state index contributed by atoms with van der Waals surface area (Å²) in [6.07, 6.45) is -0.475. The van der Waals surface area contributed by atoms with Crippen LogP contribution in [0.4, 0.5) is 0 Å². The zero-order valence-corrected chi connectivity index (χ0v) is 13.6. The molecule has 0 aliphatic carbocycles. The third-order valence-electron chi connectivity index (χ3n) is 3.84. The Morgan fingerprint density at radius 1 is 1.09 bits per heavy atom. The van der Waals surface area contributed by atoms with Gasteiger partial charge in [0.1, 0.15) is 0 Å². The van der Waals surface area contributed by atoms with E-state index in [9.17, 15) is 5.11 Å². The first-order chi connectivity index (χ1) is 10.7. The Morgan fingerprint density at radius 3 is 2.36 bits per heavy atom. The maximum absolute atomic E-state index is 10.1. The van der Waals surface area contributed by atoms with Crippen LogP contribution < -0.4 is 0 Å². The Labute approximate surface area is 137 Å². The number of halogens is 1. The molecule has 0 bridgehead atoms. The van der Waals surface area contributed by atoms with Crippen LogP contribution in [0.25, 0.3) is 0 Å². The summed E-state index contributed by atoms with van der Waals surface area (Å²) < 4.78 is 5.56. The van der Waals surface area contributed by atoms with E-state index in [4.69, 9.17) is 21.4 Å². The molecule has 124 valence electrons. The molecule has 1 atom stereocenters. The van der Waals surface area contributed by atoms with Crippen LogP contribution in [0.15, 0.2) is 24.3 Å². The zero-order valence-electron chi connectivity index (χ0n) is 12.8. The summed E-state index contributed by atoms with van der Waals surface area (Å²) >= 11 is 5.83. The monoisotopic (exact) mass is 328 g/mol. The molecule has 1 unspecified atom stereocenters. The van der Waals surface area contributed by atoms with Crippen molar-refractivity contribution in [3.8, 4) is 0 Å². The number of aliphatic hydroxyl groups is 2. The Bertz CT molecular complexity index is 422. The second kappa shape index (κ2) is 9.45. The van der Waals surface area contributed by atoms with Gasteiger partial charge in [0.25, 0.3) is 0 Å². The topological polar surface area (TPSA) is 56.2 Å². The molecular formula is C16H25ClN2O3. The third-order valence-corrected chi connectivity index (χ3v) is 4.09. The number of ether oxygens (including phenoxy) is 1. The molecule has 1 aliphatic rings. The van der Waals surface area contributed by atoms with Gasteiger partial charge in [-0.05, 0) is 17.7 Å². The summed E-state index contributed by atoms with van der Waals surface area (Å²) in [5.74, 6) is 0. The van der Waals surface area contributed by atoms with Crippen LogP contribution in [0.5, 0.6) is 0 Å². The van der Waals surface area contributed by atoms with Gasteiger partial charge in [0, 0.05) is 44.3 Å². The maximum atomic E-state index is 10.1. The van der Waals surface area contributed by atoms with Crippen molar-refractivity contribution >= 4 is 11.6 Å². The van der Waals surface area contributed by atoms with Crippen molar-refractivity contribution < 1.29 is 14.9 Å². The van der Waals surface area contributed by atoms with Crippen LogP contribution in [0, 0.1) is 0 Å². The molecule has 0 spiro atoms. The number of aliphatic hydroxyl groups excluding tert-OH is 2. The van der Waals surface area contributed by atoms with Gasteiger partial charge in [-0.2, -0.15) is 0 Å². The van der Waals surface area contributed by atoms with Crippen molar-refractivity contribution in [2.24, 2.45) is 0 Å². The molecule has 0 saturated carbocycles. The molecule has 1 saturated heterocycles. The third kappa shape index (κ3) is 6.20. The van der Waals surface area contributed by atoms with Crippen LogP contribution in [0.1, 0.15) is 5.56 Å². The predicted molar refractivity (Wildman–Crippen MR) is 87.1 cm³/mol. The van der Waals surface area contributed by atoms with Crippen molar-refractivity contribution in [2.75, 3.05) is 52.5 Å². The minimum absolute atomic E-state index is 0.209. The lowest BCUT2D eigenvalue weighted by molar-refractivity contribution is 0.000521. The highest BCUT2D eigenvalue weighted by atomic mass is 35.5. The normalized spacial score (nSPS) is 18.5. The van der Waals surface area contributed by atoms with Crippen LogP contribution in [0.2, 0.25) is 5.02 Å². The van der Waals surface area contributed by atoms with Crippen molar-refractivity contribution in [2.45, 2.75) is 12.7 Å². The Hall–Kier alpha value is -0.690. The lowest BCUT2D eigenvalue weighted by Crippen LogP contribution is -2.49. The second-order valence-corrected chi connectivity index (χ2v) is 6.10. The molecule has 6 heteroatoms. The van der Waals surface area contributed by atoms with Gasteiger partial charge in [0.15, 0.2) is 0 Å². The van der Waals surface area contributed by atoms with Crippen LogP contribution in [-0.2, 0) is 11.3 Å². The van der Waals surface area contributed by atoms with Gasteiger partial charge in [-0.1, -0.05) is 23.7 Å². The standard InChI is InChI=1S/C16H25ClN2O3/c17-15-3-1-14(2-4-15)12-22-13-16(21)11-19-7-5-18(6-8-19)9-10-20/h1-4,16,20-21H,5-13H2. The van der Waals surface area contributed by atoms with Crippen LogP contribution in [-0.4, -0.2) is 78.6 Å². The van der Waals surface area contributed by atoms with E-state index in [1.54, 1.807) is 0 Å². The largest absolute Gasteiger partial charge is 0.395 e. The van der Waals surface area contributed by atoms with E-state index < -0.39 is 6.10 Å². The Balaban J connectivity index is 1.60. The summed E-state index contributed by atoms with van der Waals surface area (Å²) in [4.78, 5) is 4.48. The molecule has 22 heavy (non-hydrogen) atoms. The van der Waals surface area contributed by atoms with E-state index in [2.05, 4.69) is 9.80 Å². The number of piperazine rings is 1. The number of hydrogen-bond acceptors (Lipinski definition) is 5. The number of benzene rings is 1. The molecule has 1 fully saturated rings. The molecule has 1 aromatic carbocycles. The summed E-state index contributed by atoms with van der Waals surface area (Å²) in [5, 5.41) is 19.7. The van der Waals surface area contributed by atoms with Crippen molar-refractivity contribution in [3.05, 3.63) is 34.9 Å². The van der Waals surface area contributed by atoms with E-state index in [1.165, 1.54) is 0 Å². The Morgan fingerprint density at radius 2 is 1.73 bits per heavy atom. The van der Waals surface area contributed by atoms with E-state index in [0.29, 0.717) is 24.8 Å². The molecule has 0 radical (unpaired) electrons. The summed E-state index contributed by atoms with van der Waals surface area (Å²) in [6.45, 7) is 6.13. The molecular weight excluding hydrogens is 304 g/mol. The van der Waals surface area contributed by atoms with Crippen LogP contribution >= 0.6 is 11.6 Å². The van der Waals surface area contributed by atoms with E-state index >= 15 is 0 Å². The summed E-state index contributed by atoms with van der Waals surface area (Å²) in [6, 6.07) is 7.52. The SMILES string of the molecule is OCCN1CCN(CC(O)COCc2ccc(Cl)cc2)CC1. The van der Waals surface area contributed by atoms with Gasteiger partial charge >= 0.3 is 0 Å². The van der Waals surface area contributed by atoms with Gasteiger partial charge in [-0.25, -0.2) is 0 Å². The second-order valence-electron chi connectivity index (χ2n) is 5.66. The van der Waals surface area contributed by atoms with E-state index in [-0.39, 0.29) is 6.61 Å². The lowest BCUT2D eigenvalue weighted by atomic mass is 10.2.